The molecule has 1 fully saturated rings. The molecule has 0 radical (unpaired) electrons. The number of pyridine rings is 1. The van der Waals surface area contributed by atoms with Crippen molar-refractivity contribution >= 4 is 11.9 Å². The normalized spacial score (nSPS) is 23.2. The number of hydrogen-bond acceptors (Lipinski definition) is 4. The van der Waals surface area contributed by atoms with Crippen LogP contribution in [0.2, 0.25) is 0 Å². The molecule has 0 bridgehead atoms. The lowest BCUT2D eigenvalue weighted by atomic mass is 10.1. The first-order chi connectivity index (χ1) is 8.99. The Kier molecular flexibility index (Phi) is 3.80. The van der Waals surface area contributed by atoms with E-state index in [2.05, 4.69) is 4.98 Å². The molecule has 1 amide bonds. The number of carboxylic acid groups (broad SMARTS) is 1. The maximum atomic E-state index is 12.3. The first kappa shape index (κ1) is 13.5. The topological polar surface area (TPSA) is 79.7 Å². The van der Waals surface area contributed by atoms with Crippen LogP contribution in [0.15, 0.2) is 18.3 Å². The van der Waals surface area contributed by atoms with Gasteiger partial charge in [-0.3, -0.25) is 4.79 Å². The predicted molar refractivity (Wildman–Crippen MR) is 67.1 cm³/mol. The molecule has 1 N–H and O–H groups in total. The molecular weight excluding hydrogens is 248 g/mol. The number of morpholine rings is 1. The lowest BCUT2D eigenvalue weighted by Gasteiger charge is -2.36. The molecule has 0 spiro atoms. The van der Waals surface area contributed by atoms with Gasteiger partial charge in [0.05, 0.1) is 24.3 Å². The number of aromatic carboxylic acids is 1. The minimum absolute atomic E-state index is 0.00264. The molecule has 6 nitrogen and oxygen atoms in total. The summed E-state index contributed by atoms with van der Waals surface area (Å²) in [6.45, 7) is 4.87. The summed E-state index contributed by atoms with van der Waals surface area (Å²) in [7, 11) is 0. The van der Waals surface area contributed by atoms with Gasteiger partial charge in [-0.05, 0) is 26.0 Å². The van der Waals surface area contributed by atoms with Gasteiger partial charge in [0.15, 0.2) is 0 Å². The summed E-state index contributed by atoms with van der Waals surface area (Å²) in [4.78, 5) is 28.5. The third kappa shape index (κ3) is 2.90. The summed E-state index contributed by atoms with van der Waals surface area (Å²) in [6, 6.07) is 2.83. The maximum absolute atomic E-state index is 12.3. The lowest BCUT2D eigenvalue weighted by Crippen LogP contribution is -2.50. The quantitative estimate of drug-likeness (QED) is 0.863. The van der Waals surface area contributed by atoms with Gasteiger partial charge < -0.3 is 14.7 Å². The molecule has 1 aliphatic heterocycles. The minimum Gasteiger partial charge on any atom is -0.477 e. The van der Waals surface area contributed by atoms with Crippen LogP contribution in [0.1, 0.15) is 34.7 Å². The van der Waals surface area contributed by atoms with Gasteiger partial charge >= 0.3 is 5.97 Å². The fourth-order valence-corrected chi connectivity index (χ4v) is 2.00. The molecule has 0 aromatic carbocycles. The minimum atomic E-state index is -1.10. The van der Waals surface area contributed by atoms with E-state index >= 15 is 0 Å². The smallest absolute Gasteiger partial charge is 0.354 e. The second-order valence-electron chi connectivity index (χ2n) is 4.69. The Hall–Kier alpha value is -1.95. The fourth-order valence-electron chi connectivity index (χ4n) is 2.00. The fraction of sp³-hybridized carbons (Fsp3) is 0.462. The van der Waals surface area contributed by atoms with E-state index in [9.17, 15) is 9.59 Å². The Morgan fingerprint density at radius 3 is 2.74 bits per heavy atom. The van der Waals surface area contributed by atoms with E-state index in [1.54, 1.807) is 4.90 Å². The second kappa shape index (κ2) is 5.36. The molecule has 19 heavy (non-hydrogen) atoms. The van der Waals surface area contributed by atoms with Gasteiger partial charge in [0.25, 0.3) is 5.91 Å². The SMILES string of the molecule is CC1CN(C(=O)c2ccc(C(=O)O)nc2)C(C)CO1. The van der Waals surface area contributed by atoms with E-state index < -0.39 is 5.97 Å². The van der Waals surface area contributed by atoms with E-state index in [1.807, 2.05) is 13.8 Å². The first-order valence-corrected chi connectivity index (χ1v) is 6.11. The summed E-state index contributed by atoms with van der Waals surface area (Å²) < 4.78 is 5.47. The average Bonchev–Trinajstić information content (AvgIpc) is 2.41. The van der Waals surface area contributed by atoms with Crippen LogP contribution in [0, 0.1) is 0 Å². The van der Waals surface area contributed by atoms with E-state index in [0.29, 0.717) is 18.7 Å². The number of carbonyl (C=O) groups excluding carboxylic acids is 1. The highest BCUT2D eigenvalue weighted by Crippen LogP contribution is 2.15. The molecule has 2 rings (SSSR count). The van der Waals surface area contributed by atoms with E-state index in [1.165, 1.54) is 18.3 Å². The summed E-state index contributed by atoms with van der Waals surface area (Å²) in [6.07, 6.45) is 1.31. The van der Waals surface area contributed by atoms with Crippen molar-refractivity contribution in [3.8, 4) is 0 Å². The Labute approximate surface area is 111 Å². The van der Waals surface area contributed by atoms with E-state index in [0.717, 1.165) is 0 Å². The number of carbonyl (C=O) groups is 2. The van der Waals surface area contributed by atoms with Gasteiger partial charge in [0, 0.05) is 12.7 Å². The zero-order chi connectivity index (χ0) is 14.0. The highest BCUT2D eigenvalue weighted by atomic mass is 16.5. The zero-order valence-corrected chi connectivity index (χ0v) is 10.9. The van der Waals surface area contributed by atoms with Gasteiger partial charge in [0.2, 0.25) is 0 Å². The Morgan fingerprint density at radius 2 is 2.16 bits per heavy atom. The van der Waals surface area contributed by atoms with Crippen molar-refractivity contribution in [2.75, 3.05) is 13.2 Å². The summed E-state index contributed by atoms with van der Waals surface area (Å²) in [5.74, 6) is -1.25. The van der Waals surface area contributed by atoms with Crippen molar-refractivity contribution in [3.63, 3.8) is 0 Å². The van der Waals surface area contributed by atoms with Crippen LogP contribution < -0.4 is 0 Å². The van der Waals surface area contributed by atoms with Gasteiger partial charge in [-0.2, -0.15) is 0 Å². The average molecular weight is 264 g/mol. The number of carboxylic acids is 1. The largest absolute Gasteiger partial charge is 0.477 e. The Balaban J connectivity index is 2.16. The molecular formula is C13H16N2O4. The van der Waals surface area contributed by atoms with Crippen LogP contribution in [0.25, 0.3) is 0 Å². The van der Waals surface area contributed by atoms with Gasteiger partial charge in [0.1, 0.15) is 5.69 Å². The highest BCUT2D eigenvalue weighted by Gasteiger charge is 2.28. The third-order valence-electron chi connectivity index (χ3n) is 3.10. The van der Waals surface area contributed by atoms with Crippen LogP contribution in [-0.2, 0) is 4.74 Å². The van der Waals surface area contributed by atoms with Crippen molar-refractivity contribution < 1.29 is 19.4 Å². The molecule has 1 aromatic rings. The van der Waals surface area contributed by atoms with Crippen molar-refractivity contribution in [3.05, 3.63) is 29.6 Å². The second-order valence-corrected chi connectivity index (χ2v) is 4.69. The molecule has 6 heteroatoms. The van der Waals surface area contributed by atoms with Crippen molar-refractivity contribution in [2.45, 2.75) is 26.0 Å². The summed E-state index contributed by atoms with van der Waals surface area (Å²) in [5, 5.41) is 8.77. The van der Waals surface area contributed by atoms with Crippen LogP contribution in [0.3, 0.4) is 0 Å². The standard InChI is InChI=1S/C13H16N2O4/c1-8-7-19-9(2)6-15(8)12(16)10-3-4-11(13(17)18)14-5-10/h3-5,8-9H,6-7H2,1-2H3,(H,17,18). The van der Waals surface area contributed by atoms with Crippen molar-refractivity contribution in [1.82, 2.24) is 9.88 Å². The molecule has 2 heterocycles. The van der Waals surface area contributed by atoms with Crippen molar-refractivity contribution in [2.24, 2.45) is 0 Å². The molecule has 0 aliphatic carbocycles. The molecule has 1 aliphatic rings. The maximum Gasteiger partial charge on any atom is 0.354 e. The molecule has 0 saturated carbocycles. The molecule has 1 aromatic heterocycles. The van der Waals surface area contributed by atoms with Gasteiger partial charge in [-0.25, -0.2) is 9.78 Å². The van der Waals surface area contributed by atoms with Gasteiger partial charge in [-0.1, -0.05) is 0 Å². The number of rotatable bonds is 2. The molecule has 1 saturated heterocycles. The molecule has 2 atom stereocenters. The number of nitrogens with zero attached hydrogens (tertiary/aromatic N) is 2. The van der Waals surface area contributed by atoms with Crippen LogP contribution in [0.4, 0.5) is 0 Å². The number of ether oxygens (including phenoxy) is 1. The molecule has 2 unspecified atom stereocenters. The number of amides is 1. The van der Waals surface area contributed by atoms with Gasteiger partial charge in [-0.15, -0.1) is 0 Å². The van der Waals surface area contributed by atoms with Crippen LogP contribution in [0.5, 0.6) is 0 Å². The summed E-state index contributed by atoms with van der Waals surface area (Å²) >= 11 is 0. The lowest BCUT2D eigenvalue weighted by molar-refractivity contribution is -0.0387. The van der Waals surface area contributed by atoms with Crippen LogP contribution >= 0.6 is 0 Å². The zero-order valence-electron chi connectivity index (χ0n) is 10.9. The highest BCUT2D eigenvalue weighted by molar-refractivity contribution is 5.95. The number of aromatic nitrogens is 1. The third-order valence-corrected chi connectivity index (χ3v) is 3.10. The number of hydrogen-bond donors (Lipinski definition) is 1. The Bertz CT molecular complexity index is 486. The predicted octanol–water partition coefficient (Wildman–Crippen LogP) is 1.03. The summed E-state index contributed by atoms with van der Waals surface area (Å²) in [5.41, 5.74) is 0.325. The molecule has 102 valence electrons. The monoisotopic (exact) mass is 264 g/mol. The van der Waals surface area contributed by atoms with E-state index in [4.69, 9.17) is 9.84 Å². The first-order valence-electron chi connectivity index (χ1n) is 6.11. The van der Waals surface area contributed by atoms with Crippen LogP contribution in [-0.4, -0.2) is 52.2 Å². The van der Waals surface area contributed by atoms with E-state index in [-0.39, 0.29) is 23.7 Å². The Morgan fingerprint density at radius 1 is 1.42 bits per heavy atom. The van der Waals surface area contributed by atoms with Crippen molar-refractivity contribution in [1.29, 1.82) is 0 Å².